The first kappa shape index (κ1) is 14.9. The Hall–Kier alpha value is -1.46. The normalized spacial score (nSPS) is 19.1. The first-order valence-corrected chi connectivity index (χ1v) is 7.11. The van der Waals surface area contributed by atoms with Crippen LogP contribution in [0.2, 0.25) is 0 Å². The highest BCUT2D eigenvalue weighted by atomic mass is 19.1. The lowest BCUT2D eigenvalue weighted by Crippen LogP contribution is -2.44. The van der Waals surface area contributed by atoms with E-state index in [0.717, 1.165) is 13.1 Å². The van der Waals surface area contributed by atoms with E-state index < -0.39 is 0 Å². The van der Waals surface area contributed by atoms with Crippen molar-refractivity contribution in [3.05, 3.63) is 30.1 Å². The summed E-state index contributed by atoms with van der Waals surface area (Å²) in [7, 11) is 2.05. The number of rotatable bonds is 5. The topological polar surface area (TPSA) is 44.4 Å². The van der Waals surface area contributed by atoms with Crippen LogP contribution in [0.15, 0.2) is 24.3 Å². The highest BCUT2D eigenvalue weighted by molar-refractivity contribution is 5.90. The third kappa shape index (κ3) is 4.58. The molecule has 0 radical (unpaired) electrons. The summed E-state index contributed by atoms with van der Waals surface area (Å²) in [6.45, 7) is 2.79. The molecule has 2 N–H and O–H groups in total. The number of amides is 1. The van der Waals surface area contributed by atoms with Crippen molar-refractivity contribution in [2.75, 3.05) is 32.0 Å². The van der Waals surface area contributed by atoms with Crippen molar-refractivity contribution >= 4 is 11.6 Å². The SMILES string of the molecule is CN(CCC(=O)Nc1cccc(F)c1)C1CCCNC1. The van der Waals surface area contributed by atoms with E-state index in [9.17, 15) is 9.18 Å². The Morgan fingerprint density at radius 2 is 2.40 bits per heavy atom. The summed E-state index contributed by atoms with van der Waals surface area (Å²) >= 11 is 0. The van der Waals surface area contributed by atoms with Crippen LogP contribution in [0.25, 0.3) is 0 Å². The van der Waals surface area contributed by atoms with Crippen molar-refractivity contribution in [1.29, 1.82) is 0 Å². The Morgan fingerprint density at radius 1 is 1.55 bits per heavy atom. The fraction of sp³-hybridized carbons (Fsp3) is 0.533. The Balaban J connectivity index is 1.74. The van der Waals surface area contributed by atoms with Gasteiger partial charge in [-0.2, -0.15) is 0 Å². The van der Waals surface area contributed by atoms with Gasteiger partial charge in [0.1, 0.15) is 5.82 Å². The number of anilines is 1. The molecule has 1 heterocycles. The summed E-state index contributed by atoms with van der Waals surface area (Å²) in [5.41, 5.74) is 0.511. The number of likely N-dealkylation sites (N-methyl/N-ethyl adjacent to an activating group) is 1. The van der Waals surface area contributed by atoms with Gasteiger partial charge in [0.2, 0.25) is 5.91 Å². The highest BCUT2D eigenvalue weighted by Crippen LogP contribution is 2.11. The smallest absolute Gasteiger partial charge is 0.225 e. The van der Waals surface area contributed by atoms with Gasteiger partial charge >= 0.3 is 0 Å². The van der Waals surface area contributed by atoms with E-state index in [1.165, 1.54) is 25.0 Å². The number of halogens is 1. The molecule has 110 valence electrons. The third-order valence-electron chi connectivity index (χ3n) is 3.69. The molecule has 2 rings (SSSR count). The molecule has 0 aliphatic carbocycles. The van der Waals surface area contributed by atoms with Crippen LogP contribution in [-0.2, 0) is 4.79 Å². The lowest BCUT2D eigenvalue weighted by Gasteiger charge is -2.31. The van der Waals surface area contributed by atoms with Crippen LogP contribution in [0.3, 0.4) is 0 Å². The zero-order valence-electron chi connectivity index (χ0n) is 11.9. The average Bonchev–Trinajstić information content (AvgIpc) is 2.46. The molecule has 1 aromatic carbocycles. The number of carbonyl (C=O) groups excluding carboxylic acids is 1. The quantitative estimate of drug-likeness (QED) is 0.864. The molecule has 1 unspecified atom stereocenters. The molecule has 20 heavy (non-hydrogen) atoms. The Kier molecular flexibility index (Phi) is 5.49. The molecule has 1 amide bonds. The molecule has 1 aliphatic heterocycles. The highest BCUT2D eigenvalue weighted by Gasteiger charge is 2.18. The van der Waals surface area contributed by atoms with Crippen molar-refractivity contribution in [2.24, 2.45) is 0 Å². The second-order valence-corrected chi connectivity index (χ2v) is 5.29. The summed E-state index contributed by atoms with van der Waals surface area (Å²) in [4.78, 5) is 14.1. The van der Waals surface area contributed by atoms with Gasteiger partial charge in [-0.25, -0.2) is 4.39 Å². The van der Waals surface area contributed by atoms with Crippen LogP contribution in [0.4, 0.5) is 10.1 Å². The standard InChI is InChI=1S/C15H22FN3O/c1-19(14-6-3-8-17-11-14)9-7-15(20)18-13-5-2-4-12(16)10-13/h2,4-5,10,14,17H,3,6-9,11H2,1H3,(H,18,20). The summed E-state index contributed by atoms with van der Waals surface area (Å²) in [5, 5.41) is 6.09. The van der Waals surface area contributed by atoms with Gasteiger partial charge in [0.15, 0.2) is 0 Å². The molecule has 1 saturated heterocycles. The van der Waals surface area contributed by atoms with Crippen LogP contribution in [-0.4, -0.2) is 43.5 Å². The van der Waals surface area contributed by atoms with Crippen molar-refractivity contribution in [3.8, 4) is 0 Å². The van der Waals surface area contributed by atoms with Crippen LogP contribution in [0.1, 0.15) is 19.3 Å². The fourth-order valence-electron chi connectivity index (χ4n) is 2.46. The third-order valence-corrected chi connectivity index (χ3v) is 3.69. The molecule has 1 aliphatic rings. The monoisotopic (exact) mass is 279 g/mol. The van der Waals surface area contributed by atoms with E-state index in [4.69, 9.17) is 0 Å². The summed E-state index contributed by atoms with van der Waals surface area (Å²) < 4.78 is 13.0. The molecule has 1 aromatic rings. The summed E-state index contributed by atoms with van der Waals surface area (Å²) in [5.74, 6) is -0.417. The van der Waals surface area contributed by atoms with E-state index in [1.807, 2.05) is 7.05 Å². The van der Waals surface area contributed by atoms with Gasteiger partial charge in [0, 0.05) is 31.2 Å². The minimum Gasteiger partial charge on any atom is -0.326 e. The number of hydrogen-bond acceptors (Lipinski definition) is 3. The average molecular weight is 279 g/mol. The first-order valence-electron chi connectivity index (χ1n) is 7.11. The van der Waals surface area contributed by atoms with Crippen molar-refractivity contribution in [2.45, 2.75) is 25.3 Å². The number of nitrogens with one attached hydrogen (secondary N) is 2. The first-order chi connectivity index (χ1) is 9.65. The molecule has 1 fully saturated rings. The summed E-state index contributed by atoms with van der Waals surface area (Å²) in [6.07, 6.45) is 2.78. The number of carbonyl (C=O) groups is 1. The van der Waals surface area contributed by atoms with E-state index in [2.05, 4.69) is 15.5 Å². The van der Waals surface area contributed by atoms with E-state index >= 15 is 0 Å². The molecular formula is C15H22FN3O. The van der Waals surface area contributed by atoms with Gasteiger partial charge in [-0.15, -0.1) is 0 Å². The molecule has 0 saturated carbocycles. The fourth-order valence-corrected chi connectivity index (χ4v) is 2.46. The van der Waals surface area contributed by atoms with Gasteiger partial charge in [-0.1, -0.05) is 6.07 Å². The van der Waals surface area contributed by atoms with E-state index in [-0.39, 0.29) is 11.7 Å². The lowest BCUT2D eigenvalue weighted by molar-refractivity contribution is -0.116. The molecular weight excluding hydrogens is 257 g/mol. The van der Waals surface area contributed by atoms with Gasteiger partial charge in [0.25, 0.3) is 0 Å². The van der Waals surface area contributed by atoms with Gasteiger partial charge in [-0.05, 0) is 44.6 Å². The molecule has 0 bridgehead atoms. The maximum Gasteiger partial charge on any atom is 0.225 e. The molecule has 5 heteroatoms. The summed E-state index contributed by atoms with van der Waals surface area (Å²) in [6, 6.07) is 6.47. The Morgan fingerprint density at radius 3 is 3.10 bits per heavy atom. The minimum atomic E-state index is -0.340. The predicted molar refractivity (Wildman–Crippen MR) is 78.2 cm³/mol. The second-order valence-electron chi connectivity index (χ2n) is 5.29. The van der Waals surface area contributed by atoms with Crippen LogP contribution in [0.5, 0.6) is 0 Å². The van der Waals surface area contributed by atoms with Gasteiger partial charge in [0.05, 0.1) is 0 Å². The number of hydrogen-bond donors (Lipinski definition) is 2. The molecule has 4 nitrogen and oxygen atoms in total. The van der Waals surface area contributed by atoms with Crippen molar-refractivity contribution in [3.63, 3.8) is 0 Å². The number of benzene rings is 1. The molecule has 0 spiro atoms. The predicted octanol–water partition coefficient (Wildman–Crippen LogP) is 1.84. The molecule has 0 aromatic heterocycles. The maximum atomic E-state index is 13.0. The minimum absolute atomic E-state index is 0.0776. The largest absolute Gasteiger partial charge is 0.326 e. The second kappa shape index (κ2) is 7.36. The Bertz CT molecular complexity index is 446. The van der Waals surface area contributed by atoms with Crippen molar-refractivity contribution in [1.82, 2.24) is 10.2 Å². The van der Waals surface area contributed by atoms with Crippen LogP contribution >= 0.6 is 0 Å². The van der Waals surface area contributed by atoms with E-state index in [1.54, 1.807) is 12.1 Å². The Labute approximate surface area is 119 Å². The maximum absolute atomic E-state index is 13.0. The molecule has 1 atom stereocenters. The zero-order chi connectivity index (χ0) is 14.4. The zero-order valence-corrected chi connectivity index (χ0v) is 11.9. The van der Waals surface area contributed by atoms with Gasteiger partial charge in [-0.3, -0.25) is 4.79 Å². The van der Waals surface area contributed by atoms with E-state index in [0.29, 0.717) is 24.7 Å². The van der Waals surface area contributed by atoms with Crippen LogP contribution in [0, 0.1) is 5.82 Å². The van der Waals surface area contributed by atoms with Gasteiger partial charge < -0.3 is 15.5 Å². The van der Waals surface area contributed by atoms with Crippen LogP contribution < -0.4 is 10.6 Å². The lowest BCUT2D eigenvalue weighted by atomic mass is 10.1. The van der Waals surface area contributed by atoms with Crippen molar-refractivity contribution < 1.29 is 9.18 Å². The number of nitrogens with zero attached hydrogens (tertiary/aromatic N) is 1. The number of piperidine rings is 1.